The summed E-state index contributed by atoms with van der Waals surface area (Å²) in [5.74, 6) is -4.99. The van der Waals surface area contributed by atoms with Gasteiger partial charge in [-0.2, -0.15) is 4.31 Å². The molecule has 3 aromatic rings. The summed E-state index contributed by atoms with van der Waals surface area (Å²) in [5, 5.41) is 22.4. The fourth-order valence-electron chi connectivity index (χ4n) is 5.51. The first-order valence-corrected chi connectivity index (χ1v) is 18.2. The quantitative estimate of drug-likeness (QED) is 0.259. The lowest BCUT2D eigenvalue weighted by molar-refractivity contribution is -0.274. The van der Waals surface area contributed by atoms with Gasteiger partial charge >= 0.3 is 12.4 Å². The third-order valence-electron chi connectivity index (χ3n) is 8.45. The molecule has 1 aromatic heterocycles. The number of piperazine rings is 1. The van der Waals surface area contributed by atoms with Crippen LogP contribution in [0.5, 0.6) is 5.75 Å². The maximum absolute atomic E-state index is 14.1. The number of alkyl halides is 5. The van der Waals surface area contributed by atoms with Crippen molar-refractivity contribution in [1.82, 2.24) is 29.6 Å². The molecular weight excluding hydrogens is 742 g/mol. The number of aromatic nitrogens is 2. The number of amides is 4. The molecule has 0 aliphatic carbocycles. The van der Waals surface area contributed by atoms with E-state index in [1.54, 1.807) is 0 Å². The summed E-state index contributed by atoms with van der Waals surface area (Å²) in [6.07, 6.45) is -5.11. The first-order valence-electron chi connectivity index (χ1n) is 16.0. The van der Waals surface area contributed by atoms with Crippen LogP contribution in [-0.2, 0) is 27.3 Å². The van der Waals surface area contributed by atoms with E-state index < -0.39 is 82.5 Å². The number of nitrogens with zero attached hydrogens (tertiary/aromatic N) is 5. The van der Waals surface area contributed by atoms with Crippen molar-refractivity contribution >= 4 is 44.3 Å². The highest BCUT2D eigenvalue weighted by Gasteiger charge is 2.42. The van der Waals surface area contributed by atoms with E-state index in [4.69, 9.17) is 0 Å². The predicted molar refractivity (Wildman–Crippen MR) is 175 cm³/mol. The number of rotatable bonds is 10. The van der Waals surface area contributed by atoms with E-state index in [0.717, 1.165) is 44.8 Å². The monoisotopic (exact) mass is 775 g/mol. The van der Waals surface area contributed by atoms with Crippen LogP contribution in [0.3, 0.4) is 0 Å². The highest BCUT2D eigenvalue weighted by Crippen LogP contribution is 2.31. The first kappa shape index (κ1) is 38.8. The number of aliphatic hydroxyl groups is 1. The van der Waals surface area contributed by atoms with Gasteiger partial charge in [0, 0.05) is 51.3 Å². The number of piperidine rings is 1. The topological polar surface area (TPSA) is 174 Å². The van der Waals surface area contributed by atoms with Crippen molar-refractivity contribution in [2.75, 3.05) is 38.0 Å². The number of carbonyl (C=O) groups is 3. The van der Waals surface area contributed by atoms with Crippen molar-refractivity contribution in [2.45, 2.75) is 62.1 Å². The van der Waals surface area contributed by atoms with Gasteiger partial charge in [0.25, 0.3) is 11.8 Å². The molecule has 2 aliphatic heterocycles. The number of hydrogen-bond donors (Lipinski definition) is 3. The number of ether oxygens (including phenoxy) is 1. The molecule has 52 heavy (non-hydrogen) atoms. The van der Waals surface area contributed by atoms with Crippen LogP contribution in [0.25, 0.3) is 0 Å². The number of sulfonamides is 1. The van der Waals surface area contributed by atoms with Gasteiger partial charge in [0.1, 0.15) is 11.8 Å². The van der Waals surface area contributed by atoms with Gasteiger partial charge in [0.05, 0.1) is 11.0 Å². The Hall–Kier alpha value is -4.47. The second kappa shape index (κ2) is 15.6. The number of aliphatic hydroxyl groups excluding tert-OH is 1. The van der Waals surface area contributed by atoms with E-state index in [2.05, 4.69) is 25.6 Å². The third kappa shape index (κ3) is 9.30. The van der Waals surface area contributed by atoms with Crippen molar-refractivity contribution in [3.8, 4) is 5.75 Å². The van der Waals surface area contributed by atoms with E-state index in [1.807, 2.05) is 0 Å². The van der Waals surface area contributed by atoms with Crippen LogP contribution in [0, 0.1) is 0 Å². The average Bonchev–Trinajstić information content (AvgIpc) is 3.58. The fraction of sp³-hybridized carbons (Fsp3) is 0.452. The molecule has 4 amide bonds. The second-order valence-corrected chi connectivity index (χ2v) is 14.8. The van der Waals surface area contributed by atoms with Crippen molar-refractivity contribution < 1.29 is 54.6 Å². The zero-order chi connectivity index (χ0) is 37.8. The van der Waals surface area contributed by atoms with Gasteiger partial charge in [-0.25, -0.2) is 22.0 Å². The lowest BCUT2D eigenvalue weighted by atomic mass is 10.0. The summed E-state index contributed by atoms with van der Waals surface area (Å²) in [7, 11) is -4.54. The Morgan fingerprint density at radius 2 is 1.60 bits per heavy atom. The molecule has 2 saturated heterocycles. The molecule has 2 fully saturated rings. The number of benzene rings is 2. The summed E-state index contributed by atoms with van der Waals surface area (Å²) in [6, 6.07) is 6.25. The van der Waals surface area contributed by atoms with Gasteiger partial charge in [0.15, 0.2) is 0 Å². The summed E-state index contributed by atoms with van der Waals surface area (Å²) in [4.78, 5) is 41.9. The summed E-state index contributed by atoms with van der Waals surface area (Å²) < 4.78 is 98.2. The van der Waals surface area contributed by atoms with Crippen LogP contribution in [0.2, 0.25) is 0 Å². The number of likely N-dealkylation sites (tertiary alicyclic amines) is 1. The molecule has 5 rings (SSSR count). The first-order chi connectivity index (χ1) is 24.5. The number of halogens is 5. The van der Waals surface area contributed by atoms with E-state index in [1.165, 1.54) is 36.1 Å². The average molecular weight is 776 g/mol. The van der Waals surface area contributed by atoms with Crippen molar-refractivity contribution in [3.05, 3.63) is 64.7 Å². The minimum Gasteiger partial charge on any atom is -0.406 e. The Labute approximate surface area is 298 Å². The molecule has 1 atom stereocenters. The van der Waals surface area contributed by atoms with Crippen LogP contribution < -0.4 is 15.4 Å². The van der Waals surface area contributed by atoms with Crippen LogP contribution in [0.4, 0.5) is 31.9 Å². The minimum absolute atomic E-state index is 0.00189. The molecule has 3 heterocycles. The van der Waals surface area contributed by atoms with Gasteiger partial charge < -0.3 is 25.0 Å². The normalized spacial score (nSPS) is 17.9. The predicted octanol–water partition coefficient (Wildman–Crippen LogP) is 3.76. The molecular formula is C31H34F5N7O7S2. The SMILES string of the molecule is CCC(F)(F)c1ccc(CNC(=O)[C@H]2CN(C(=O)Nc3nnc(C(=O)N4CCC(O)CC4)s3)CCN2S(=O)(=O)c2ccc(OC(F)(F)F)cc2)cc1. The molecule has 0 saturated carbocycles. The zero-order valence-electron chi connectivity index (χ0n) is 27.5. The fourth-order valence-corrected chi connectivity index (χ4v) is 7.78. The van der Waals surface area contributed by atoms with Crippen LogP contribution in [0.15, 0.2) is 53.4 Å². The molecule has 0 unspecified atom stereocenters. The number of urea groups is 1. The number of nitrogens with one attached hydrogen (secondary N) is 2. The zero-order valence-corrected chi connectivity index (χ0v) is 29.1. The van der Waals surface area contributed by atoms with E-state index in [9.17, 15) is 49.9 Å². The van der Waals surface area contributed by atoms with Crippen LogP contribution in [0.1, 0.15) is 47.1 Å². The molecule has 0 spiro atoms. The number of hydrogen-bond acceptors (Lipinski definition) is 10. The highest BCUT2D eigenvalue weighted by molar-refractivity contribution is 7.89. The standard InChI is InChI=1S/C31H34F5N7O7S2/c1-2-30(32,33)20-5-3-19(4-6-20)17-37-25(45)24-18-42(15-16-43(24)52(48,49)23-9-7-22(8-10-23)50-31(34,35)36)29(47)38-28-40-39-26(51-28)27(46)41-13-11-21(44)12-14-41/h3-10,21,24,44H,2,11-18H2,1H3,(H,37,45)(H,38,40,47)/t24-/m1/s1. The lowest BCUT2D eigenvalue weighted by Gasteiger charge is -2.39. The maximum Gasteiger partial charge on any atom is 0.573 e. The highest BCUT2D eigenvalue weighted by atomic mass is 32.2. The molecule has 2 aromatic carbocycles. The number of anilines is 1. The molecule has 0 bridgehead atoms. The summed E-state index contributed by atoms with van der Waals surface area (Å²) >= 11 is 0.803. The molecule has 0 radical (unpaired) electrons. The Bertz CT molecular complexity index is 1850. The second-order valence-electron chi connectivity index (χ2n) is 11.9. The van der Waals surface area contributed by atoms with Gasteiger partial charge in [-0.05, 0) is 42.7 Å². The molecule has 14 nitrogen and oxygen atoms in total. The van der Waals surface area contributed by atoms with Crippen LogP contribution >= 0.6 is 11.3 Å². The van der Waals surface area contributed by atoms with Gasteiger partial charge in [-0.3, -0.25) is 14.9 Å². The Kier molecular flexibility index (Phi) is 11.7. The minimum atomic E-state index is -5.01. The van der Waals surface area contributed by atoms with Crippen molar-refractivity contribution in [1.29, 1.82) is 0 Å². The van der Waals surface area contributed by atoms with Gasteiger partial charge in [-0.15, -0.1) is 23.4 Å². The molecule has 2 aliphatic rings. The Morgan fingerprint density at radius 1 is 0.942 bits per heavy atom. The molecule has 3 N–H and O–H groups in total. The smallest absolute Gasteiger partial charge is 0.406 e. The van der Waals surface area contributed by atoms with E-state index in [0.29, 0.717) is 31.5 Å². The van der Waals surface area contributed by atoms with E-state index in [-0.39, 0.29) is 28.8 Å². The molecule has 21 heteroatoms. The summed E-state index contributed by atoms with van der Waals surface area (Å²) in [5.41, 5.74) is 0.201. The third-order valence-corrected chi connectivity index (χ3v) is 11.2. The van der Waals surface area contributed by atoms with Crippen molar-refractivity contribution in [3.63, 3.8) is 0 Å². The maximum atomic E-state index is 14.1. The largest absolute Gasteiger partial charge is 0.573 e. The van der Waals surface area contributed by atoms with Gasteiger partial charge in [-0.1, -0.05) is 42.5 Å². The number of carbonyl (C=O) groups excluding carboxylic acids is 3. The van der Waals surface area contributed by atoms with Crippen molar-refractivity contribution in [2.24, 2.45) is 0 Å². The van der Waals surface area contributed by atoms with Gasteiger partial charge in [0.2, 0.25) is 26.1 Å². The lowest BCUT2D eigenvalue weighted by Crippen LogP contribution is -2.61. The van der Waals surface area contributed by atoms with Crippen LogP contribution in [-0.4, -0.2) is 107 Å². The Morgan fingerprint density at radius 3 is 2.21 bits per heavy atom. The molecule has 282 valence electrons. The van der Waals surface area contributed by atoms with E-state index >= 15 is 0 Å². The summed E-state index contributed by atoms with van der Waals surface area (Å²) in [6.45, 7) is 0.687. The Balaban J connectivity index is 1.31.